The van der Waals surface area contributed by atoms with Crippen LogP contribution in [-0.2, 0) is 4.79 Å². The number of aliphatic hydroxyl groups excluding tert-OH is 1. The molecule has 1 heterocycles. The minimum Gasteiger partial charge on any atom is -0.492 e. The molecule has 1 aliphatic heterocycles. The Morgan fingerprint density at radius 2 is 1.91 bits per heavy atom. The molecule has 0 saturated heterocycles. The highest BCUT2D eigenvalue weighted by Gasteiger charge is 2.30. The maximum atomic E-state index is 12.5. The lowest BCUT2D eigenvalue weighted by molar-refractivity contribution is -0.122. The lowest BCUT2D eigenvalue weighted by Crippen LogP contribution is -2.33. The number of ether oxygens (including phenoxy) is 1. The summed E-state index contributed by atoms with van der Waals surface area (Å²) in [5, 5.41) is 12.3. The first-order valence-corrected chi connectivity index (χ1v) is 7.95. The van der Waals surface area contributed by atoms with E-state index in [2.05, 4.69) is 5.32 Å². The molecule has 0 saturated carbocycles. The number of para-hydroxylation sites is 1. The number of fused-ring (bicyclic) bond motifs is 1. The van der Waals surface area contributed by atoms with Crippen LogP contribution in [0, 0.1) is 0 Å². The van der Waals surface area contributed by atoms with Gasteiger partial charge in [0.1, 0.15) is 18.3 Å². The van der Waals surface area contributed by atoms with Gasteiger partial charge in [-0.15, -0.1) is 0 Å². The van der Waals surface area contributed by atoms with Crippen molar-refractivity contribution in [2.24, 2.45) is 0 Å². The van der Waals surface area contributed by atoms with Crippen molar-refractivity contribution in [1.29, 1.82) is 0 Å². The van der Waals surface area contributed by atoms with Crippen LogP contribution in [0.1, 0.15) is 29.4 Å². The fourth-order valence-electron chi connectivity index (χ4n) is 2.99. The van der Waals surface area contributed by atoms with Crippen molar-refractivity contribution < 1.29 is 14.6 Å². The number of amides is 1. The molecule has 4 nitrogen and oxygen atoms in total. The fourth-order valence-corrected chi connectivity index (χ4v) is 2.99. The number of hydrogen-bond donors (Lipinski definition) is 2. The third kappa shape index (κ3) is 3.54. The molecule has 1 amide bonds. The Hall–Kier alpha value is -2.33. The van der Waals surface area contributed by atoms with Crippen LogP contribution in [0.15, 0.2) is 54.6 Å². The zero-order chi connectivity index (χ0) is 16.1. The van der Waals surface area contributed by atoms with E-state index in [1.807, 2.05) is 54.6 Å². The maximum absolute atomic E-state index is 12.5. The van der Waals surface area contributed by atoms with E-state index in [0.29, 0.717) is 19.6 Å². The highest BCUT2D eigenvalue weighted by atomic mass is 16.5. The molecule has 2 atom stereocenters. The van der Waals surface area contributed by atoms with Gasteiger partial charge in [-0.25, -0.2) is 0 Å². The first-order chi connectivity index (χ1) is 11.3. The second-order valence-corrected chi connectivity index (χ2v) is 5.77. The molecule has 0 spiro atoms. The molecule has 4 heteroatoms. The summed E-state index contributed by atoms with van der Waals surface area (Å²) in [6.45, 7) is 1.01. The zero-order valence-electron chi connectivity index (χ0n) is 12.9. The quantitative estimate of drug-likeness (QED) is 0.861. The monoisotopic (exact) mass is 311 g/mol. The summed E-state index contributed by atoms with van der Waals surface area (Å²) in [6.07, 6.45) is 0.627. The standard InChI is InChI=1S/C19H21NO3/c21-11-10-15(14-6-2-1-3-7-14)12-20-19(22)17-13-23-18-9-5-4-8-16(17)18/h1-9,15,17,21H,10-13H2,(H,20,22)/t15-,17-/m1/s1. The Bertz CT molecular complexity index is 657. The number of hydrogen-bond acceptors (Lipinski definition) is 3. The molecule has 23 heavy (non-hydrogen) atoms. The molecule has 0 unspecified atom stereocenters. The second-order valence-electron chi connectivity index (χ2n) is 5.77. The van der Waals surface area contributed by atoms with Gasteiger partial charge in [0.15, 0.2) is 0 Å². The Morgan fingerprint density at radius 3 is 2.70 bits per heavy atom. The highest BCUT2D eigenvalue weighted by Crippen LogP contribution is 2.33. The molecule has 2 aromatic rings. The molecule has 0 aromatic heterocycles. The van der Waals surface area contributed by atoms with Gasteiger partial charge in [0.05, 0.1) is 0 Å². The smallest absolute Gasteiger partial charge is 0.231 e. The number of carbonyl (C=O) groups is 1. The van der Waals surface area contributed by atoms with Crippen molar-refractivity contribution in [3.05, 3.63) is 65.7 Å². The molecule has 2 aromatic carbocycles. The Labute approximate surface area is 136 Å². The minimum absolute atomic E-state index is 0.0196. The molecular weight excluding hydrogens is 290 g/mol. The summed E-state index contributed by atoms with van der Waals surface area (Å²) in [4.78, 5) is 12.5. The topological polar surface area (TPSA) is 58.6 Å². The van der Waals surface area contributed by atoms with E-state index >= 15 is 0 Å². The zero-order valence-corrected chi connectivity index (χ0v) is 12.9. The average Bonchev–Trinajstić information content (AvgIpc) is 3.03. The molecule has 0 fully saturated rings. The van der Waals surface area contributed by atoms with Gasteiger partial charge in [-0.2, -0.15) is 0 Å². The predicted octanol–water partition coefficient (Wildman–Crippen LogP) is 2.45. The van der Waals surface area contributed by atoms with Gasteiger partial charge in [0, 0.05) is 24.6 Å². The summed E-state index contributed by atoms with van der Waals surface area (Å²) < 4.78 is 5.57. The van der Waals surface area contributed by atoms with Crippen LogP contribution in [0.25, 0.3) is 0 Å². The number of nitrogens with one attached hydrogen (secondary N) is 1. The first-order valence-electron chi connectivity index (χ1n) is 7.95. The summed E-state index contributed by atoms with van der Waals surface area (Å²) >= 11 is 0. The van der Waals surface area contributed by atoms with Crippen molar-refractivity contribution in [1.82, 2.24) is 5.32 Å². The van der Waals surface area contributed by atoms with Gasteiger partial charge in [0.2, 0.25) is 5.91 Å². The van der Waals surface area contributed by atoms with Crippen LogP contribution in [0.5, 0.6) is 5.75 Å². The number of rotatable bonds is 6. The van der Waals surface area contributed by atoms with Gasteiger partial charge in [0.25, 0.3) is 0 Å². The average molecular weight is 311 g/mol. The van der Waals surface area contributed by atoms with E-state index < -0.39 is 0 Å². The van der Waals surface area contributed by atoms with Crippen molar-refractivity contribution in [3.63, 3.8) is 0 Å². The van der Waals surface area contributed by atoms with E-state index in [-0.39, 0.29) is 24.3 Å². The van der Waals surface area contributed by atoms with Gasteiger partial charge < -0.3 is 15.2 Å². The van der Waals surface area contributed by atoms with E-state index in [9.17, 15) is 9.90 Å². The van der Waals surface area contributed by atoms with Crippen LogP contribution in [-0.4, -0.2) is 30.8 Å². The van der Waals surface area contributed by atoms with Gasteiger partial charge >= 0.3 is 0 Å². The minimum atomic E-state index is -0.253. The summed E-state index contributed by atoms with van der Waals surface area (Å²) in [7, 11) is 0. The molecule has 120 valence electrons. The molecule has 2 N–H and O–H groups in total. The molecular formula is C19H21NO3. The van der Waals surface area contributed by atoms with Gasteiger partial charge in [-0.1, -0.05) is 48.5 Å². The van der Waals surface area contributed by atoms with Crippen molar-refractivity contribution in [2.75, 3.05) is 19.8 Å². The van der Waals surface area contributed by atoms with Gasteiger partial charge in [-0.05, 0) is 18.1 Å². The Morgan fingerprint density at radius 1 is 1.17 bits per heavy atom. The highest BCUT2D eigenvalue weighted by molar-refractivity contribution is 5.85. The molecule has 1 aliphatic rings. The third-order valence-corrected chi connectivity index (χ3v) is 4.29. The maximum Gasteiger partial charge on any atom is 0.231 e. The van der Waals surface area contributed by atoms with Gasteiger partial charge in [-0.3, -0.25) is 4.79 Å². The number of aliphatic hydroxyl groups is 1. The molecule has 0 bridgehead atoms. The van der Waals surface area contributed by atoms with Crippen LogP contribution >= 0.6 is 0 Å². The van der Waals surface area contributed by atoms with E-state index in [1.54, 1.807) is 0 Å². The summed E-state index contributed by atoms with van der Waals surface area (Å²) in [5.41, 5.74) is 2.08. The van der Waals surface area contributed by atoms with Crippen LogP contribution < -0.4 is 10.1 Å². The summed E-state index contributed by atoms with van der Waals surface area (Å²) in [5.74, 6) is 0.635. The Kier molecular flexibility index (Phi) is 4.93. The fraction of sp³-hybridized carbons (Fsp3) is 0.316. The van der Waals surface area contributed by atoms with Crippen LogP contribution in [0.2, 0.25) is 0 Å². The largest absolute Gasteiger partial charge is 0.492 e. The van der Waals surface area contributed by atoms with Crippen LogP contribution in [0.3, 0.4) is 0 Å². The number of carbonyl (C=O) groups excluding carboxylic acids is 1. The van der Waals surface area contributed by atoms with Crippen molar-refractivity contribution in [2.45, 2.75) is 18.3 Å². The Balaban J connectivity index is 1.64. The molecule has 0 aliphatic carbocycles. The van der Waals surface area contributed by atoms with E-state index in [0.717, 1.165) is 16.9 Å². The van der Waals surface area contributed by atoms with E-state index in [1.165, 1.54) is 0 Å². The van der Waals surface area contributed by atoms with Crippen molar-refractivity contribution >= 4 is 5.91 Å². The molecule has 3 rings (SSSR count). The second kappa shape index (κ2) is 7.29. The van der Waals surface area contributed by atoms with E-state index in [4.69, 9.17) is 4.74 Å². The van der Waals surface area contributed by atoms with Crippen LogP contribution in [0.4, 0.5) is 0 Å². The van der Waals surface area contributed by atoms with Crippen molar-refractivity contribution in [3.8, 4) is 5.75 Å². The first kappa shape index (κ1) is 15.6. The summed E-state index contributed by atoms with van der Waals surface area (Å²) in [6, 6.07) is 17.6. The predicted molar refractivity (Wildman–Crippen MR) is 88.6 cm³/mol. The lowest BCUT2D eigenvalue weighted by atomic mass is 9.95. The lowest BCUT2D eigenvalue weighted by Gasteiger charge is -2.18. The third-order valence-electron chi connectivity index (χ3n) is 4.29. The number of benzene rings is 2. The normalized spacial score (nSPS) is 17.2. The SMILES string of the molecule is O=C(NC[C@@H](CCO)c1ccccc1)[C@@H]1COc2ccccc21. The molecule has 0 radical (unpaired) electrons.